The fourth-order valence-corrected chi connectivity index (χ4v) is 1.17. The van der Waals surface area contributed by atoms with Gasteiger partial charge in [-0.3, -0.25) is 9.78 Å². The molecule has 0 saturated heterocycles. The zero-order chi connectivity index (χ0) is 11.6. The van der Waals surface area contributed by atoms with Crippen LogP contribution in [0.3, 0.4) is 0 Å². The largest absolute Gasteiger partial charge is 0.462 e. The van der Waals surface area contributed by atoms with E-state index >= 15 is 0 Å². The number of rotatable bonds is 2. The van der Waals surface area contributed by atoms with Crippen molar-refractivity contribution in [3.8, 4) is 0 Å². The van der Waals surface area contributed by atoms with Gasteiger partial charge in [0.1, 0.15) is 5.56 Å². The summed E-state index contributed by atoms with van der Waals surface area (Å²) in [4.78, 5) is 35.9. The van der Waals surface area contributed by atoms with Crippen LogP contribution in [0, 0.1) is 6.92 Å². The van der Waals surface area contributed by atoms with Crippen molar-refractivity contribution >= 4 is 5.97 Å². The van der Waals surface area contributed by atoms with E-state index in [1.807, 2.05) is 4.98 Å². The van der Waals surface area contributed by atoms with Crippen molar-refractivity contribution in [2.24, 2.45) is 7.05 Å². The Morgan fingerprint density at radius 2 is 2.07 bits per heavy atom. The molecule has 0 aliphatic rings. The van der Waals surface area contributed by atoms with E-state index in [-0.39, 0.29) is 12.2 Å². The number of H-pyrrole nitrogens is 1. The predicted molar refractivity (Wildman–Crippen MR) is 53.0 cm³/mol. The van der Waals surface area contributed by atoms with Crippen molar-refractivity contribution in [2.75, 3.05) is 6.61 Å². The molecule has 15 heavy (non-hydrogen) atoms. The first-order valence-electron chi connectivity index (χ1n) is 4.46. The molecule has 1 aromatic heterocycles. The number of esters is 1. The van der Waals surface area contributed by atoms with Gasteiger partial charge in [-0.25, -0.2) is 9.59 Å². The number of carbonyl (C=O) groups is 1. The highest BCUT2D eigenvalue weighted by Gasteiger charge is 2.17. The Morgan fingerprint density at radius 1 is 1.47 bits per heavy atom. The van der Waals surface area contributed by atoms with Crippen molar-refractivity contribution in [2.45, 2.75) is 13.8 Å². The molecular weight excluding hydrogens is 200 g/mol. The minimum Gasteiger partial charge on any atom is -0.462 e. The number of nitrogens with one attached hydrogen (secondary N) is 1. The van der Waals surface area contributed by atoms with E-state index in [2.05, 4.69) is 0 Å². The molecule has 0 bridgehead atoms. The molecular formula is C9H12N2O4. The number of aromatic nitrogens is 2. The molecule has 0 aromatic carbocycles. The van der Waals surface area contributed by atoms with Crippen molar-refractivity contribution < 1.29 is 9.53 Å². The van der Waals surface area contributed by atoms with E-state index in [4.69, 9.17) is 4.74 Å². The lowest BCUT2D eigenvalue weighted by Gasteiger charge is -2.07. The minimum atomic E-state index is -0.716. The second-order valence-corrected chi connectivity index (χ2v) is 3.00. The molecule has 1 aromatic rings. The molecule has 1 N–H and O–H groups in total. The minimum absolute atomic E-state index is 0.126. The monoisotopic (exact) mass is 212 g/mol. The van der Waals surface area contributed by atoms with Crippen molar-refractivity contribution in [1.29, 1.82) is 0 Å². The number of hydrogen-bond acceptors (Lipinski definition) is 4. The first-order valence-corrected chi connectivity index (χ1v) is 4.46. The van der Waals surface area contributed by atoms with Crippen LogP contribution in [0.5, 0.6) is 0 Å². The van der Waals surface area contributed by atoms with Gasteiger partial charge in [0.15, 0.2) is 0 Å². The molecule has 0 spiro atoms. The maximum Gasteiger partial charge on any atom is 0.345 e. The smallest absolute Gasteiger partial charge is 0.345 e. The highest BCUT2D eigenvalue weighted by atomic mass is 16.5. The molecule has 0 radical (unpaired) electrons. The second-order valence-electron chi connectivity index (χ2n) is 3.00. The Balaban J connectivity index is 3.43. The molecule has 1 rings (SSSR count). The summed E-state index contributed by atoms with van der Waals surface area (Å²) in [5, 5.41) is 0. The summed E-state index contributed by atoms with van der Waals surface area (Å²) in [5.41, 5.74) is -1.10. The van der Waals surface area contributed by atoms with Gasteiger partial charge in [-0.2, -0.15) is 0 Å². The Hall–Kier alpha value is -1.85. The van der Waals surface area contributed by atoms with Crippen LogP contribution in [-0.2, 0) is 11.8 Å². The predicted octanol–water partition coefficient (Wildman–Crippen LogP) is -0.441. The first kappa shape index (κ1) is 11.2. The van der Waals surface area contributed by atoms with Gasteiger partial charge in [-0.05, 0) is 13.8 Å². The number of aromatic amines is 1. The SMILES string of the molecule is CCOC(=O)c1c(C)n(C)c(=O)[nH]c1=O. The fourth-order valence-electron chi connectivity index (χ4n) is 1.17. The van der Waals surface area contributed by atoms with Crippen LogP contribution in [0.2, 0.25) is 0 Å². The second kappa shape index (κ2) is 4.12. The Labute approximate surface area is 85.5 Å². The van der Waals surface area contributed by atoms with Gasteiger partial charge >= 0.3 is 11.7 Å². The van der Waals surface area contributed by atoms with Gasteiger partial charge in [0, 0.05) is 12.7 Å². The third-order valence-electron chi connectivity index (χ3n) is 2.10. The standard InChI is InChI=1S/C9H12N2O4/c1-4-15-8(13)6-5(2)11(3)9(14)10-7(6)12/h4H2,1-3H3,(H,10,12,14). The maximum absolute atomic E-state index is 11.4. The Bertz CT molecular complexity index is 498. The average molecular weight is 212 g/mol. The van der Waals surface area contributed by atoms with Gasteiger partial charge in [0.05, 0.1) is 6.61 Å². The molecule has 82 valence electrons. The van der Waals surface area contributed by atoms with E-state index in [0.29, 0.717) is 5.69 Å². The molecule has 0 saturated carbocycles. The van der Waals surface area contributed by atoms with Crippen LogP contribution in [0.15, 0.2) is 9.59 Å². The quantitative estimate of drug-likeness (QED) is 0.674. The number of ether oxygens (including phenoxy) is 1. The van der Waals surface area contributed by atoms with E-state index in [1.54, 1.807) is 6.92 Å². The molecule has 0 atom stereocenters. The summed E-state index contributed by atoms with van der Waals surface area (Å²) in [7, 11) is 1.47. The lowest BCUT2D eigenvalue weighted by molar-refractivity contribution is 0.0522. The van der Waals surface area contributed by atoms with Gasteiger partial charge < -0.3 is 9.30 Å². The number of hydrogen-bond donors (Lipinski definition) is 1. The maximum atomic E-state index is 11.4. The third kappa shape index (κ3) is 1.98. The van der Waals surface area contributed by atoms with Gasteiger partial charge in [-0.15, -0.1) is 0 Å². The van der Waals surface area contributed by atoms with Crippen molar-refractivity contribution in [1.82, 2.24) is 9.55 Å². The summed E-state index contributed by atoms with van der Waals surface area (Å²) in [5.74, 6) is -0.716. The topological polar surface area (TPSA) is 81.2 Å². The van der Waals surface area contributed by atoms with Gasteiger partial charge in [-0.1, -0.05) is 0 Å². The summed E-state index contributed by atoms with van der Waals surface area (Å²) in [6.07, 6.45) is 0. The molecule has 6 heteroatoms. The lowest BCUT2D eigenvalue weighted by atomic mass is 10.2. The van der Waals surface area contributed by atoms with Crippen LogP contribution < -0.4 is 11.2 Å². The molecule has 1 heterocycles. The van der Waals surface area contributed by atoms with Crippen LogP contribution in [0.25, 0.3) is 0 Å². The van der Waals surface area contributed by atoms with Crippen LogP contribution in [0.4, 0.5) is 0 Å². The summed E-state index contributed by atoms with van der Waals surface area (Å²) < 4.78 is 5.90. The molecule has 6 nitrogen and oxygen atoms in total. The van der Waals surface area contributed by atoms with Crippen LogP contribution in [-0.4, -0.2) is 22.1 Å². The first-order chi connectivity index (χ1) is 6.99. The zero-order valence-corrected chi connectivity index (χ0v) is 8.79. The van der Waals surface area contributed by atoms with Crippen molar-refractivity contribution in [3.63, 3.8) is 0 Å². The van der Waals surface area contributed by atoms with E-state index < -0.39 is 17.2 Å². The molecule has 0 amide bonds. The summed E-state index contributed by atoms with van der Waals surface area (Å²) in [6.45, 7) is 3.34. The summed E-state index contributed by atoms with van der Waals surface area (Å²) in [6, 6.07) is 0. The average Bonchev–Trinajstić information content (AvgIpc) is 2.15. The van der Waals surface area contributed by atoms with Crippen molar-refractivity contribution in [3.05, 3.63) is 32.1 Å². The fraction of sp³-hybridized carbons (Fsp3) is 0.444. The Morgan fingerprint density at radius 3 is 2.60 bits per heavy atom. The molecule has 0 aliphatic heterocycles. The van der Waals surface area contributed by atoms with E-state index in [1.165, 1.54) is 18.5 Å². The Kier molecular flexibility index (Phi) is 3.08. The normalized spacial score (nSPS) is 10.1. The lowest BCUT2D eigenvalue weighted by Crippen LogP contribution is -2.35. The van der Waals surface area contributed by atoms with Crippen LogP contribution >= 0.6 is 0 Å². The highest BCUT2D eigenvalue weighted by molar-refractivity contribution is 5.90. The molecule has 0 unspecified atom stereocenters. The third-order valence-corrected chi connectivity index (χ3v) is 2.10. The summed E-state index contributed by atoms with van der Waals surface area (Å²) >= 11 is 0. The van der Waals surface area contributed by atoms with Crippen LogP contribution in [0.1, 0.15) is 23.0 Å². The number of nitrogens with zero attached hydrogens (tertiary/aromatic N) is 1. The van der Waals surface area contributed by atoms with E-state index in [0.717, 1.165) is 0 Å². The molecule has 0 aliphatic carbocycles. The highest BCUT2D eigenvalue weighted by Crippen LogP contribution is 2.00. The molecule has 0 fully saturated rings. The van der Waals surface area contributed by atoms with Gasteiger partial charge in [0.25, 0.3) is 5.56 Å². The number of carbonyl (C=O) groups excluding carboxylic acids is 1. The van der Waals surface area contributed by atoms with Gasteiger partial charge in [0.2, 0.25) is 0 Å². The van der Waals surface area contributed by atoms with E-state index in [9.17, 15) is 14.4 Å². The zero-order valence-electron chi connectivity index (χ0n) is 8.79.